The van der Waals surface area contributed by atoms with E-state index in [0.29, 0.717) is 26.2 Å². The molecule has 0 atom stereocenters. The first-order valence-electron chi connectivity index (χ1n) is 13.3. The Kier molecular flexibility index (Phi) is 51.3. The van der Waals surface area contributed by atoms with Gasteiger partial charge in [-0.15, -0.1) is 48.8 Å². The normalized spacial score (nSPS) is 11.1. The Hall–Kier alpha value is 0.949. The molecule has 0 saturated carbocycles. The van der Waals surface area contributed by atoms with E-state index in [1.54, 1.807) is 0 Å². The topological polar surface area (TPSA) is 197 Å². The van der Waals surface area contributed by atoms with Crippen molar-refractivity contribution in [2.45, 2.75) is 77.8 Å². The molecule has 0 aliphatic rings. The molecule has 0 aromatic heterocycles. The van der Waals surface area contributed by atoms with Crippen molar-refractivity contribution in [3.05, 3.63) is 0 Å². The maximum atomic E-state index is 10.8. The van der Waals surface area contributed by atoms with Crippen LogP contribution in [-0.2, 0) is 43.4 Å². The molecule has 0 saturated heterocycles. The Bertz CT molecular complexity index is 404. The van der Waals surface area contributed by atoms with Gasteiger partial charge in [0.25, 0.3) is 0 Å². The minimum absolute atomic E-state index is 0. The predicted molar refractivity (Wildman–Crippen MR) is 150 cm³/mol. The molecule has 14 heteroatoms. The summed E-state index contributed by atoms with van der Waals surface area (Å²) in [4.78, 5) is 7.47. The average Bonchev–Trinajstić information content (AvgIpc) is 2.66. The Morgan fingerprint density at radius 1 is 0.333 bits per heavy atom. The van der Waals surface area contributed by atoms with Gasteiger partial charge in [-0.1, -0.05) is 55.4 Å². The van der Waals surface area contributed by atoms with E-state index in [-0.39, 0.29) is 69.9 Å². The SMILES string of the molecule is CC(C)([O-])C(C)(C)[O-].CC(C)([O-])C(C)(C)[O-].CN(C)CC[O-].CN(C)CC[O-].CN(C)CC[O-].CN(C)CC[O-].[Ti+4].[Ti+4]. The number of hydrogen-bond acceptors (Lipinski definition) is 12. The standard InChI is InChI=1S/2C6H12O2.4C4H10NO.2Ti/c2*1-5(2,7)6(3,4)8;4*1-5(2)3-4-6;;/h2*1-4H3;4*3-4H2,1-2H3;;/q2*-2;4*-1;2*+4. The maximum Gasteiger partial charge on any atom is 4.00 e. The molecule has 0 aromatic carbocycles. The second-order valence-electron chi connectivity index (χ2n) is 12.1. The molecule has 0 aliphatic heterocycles. The summed E-state index contributed by atoms with van der Waals surface area (Å²) in [6.45, 7) is 13.9. The molecular weight excluding hydrogens is 616 g/mol. The molecule has 0 amide bonds. The van der Waals surface area contributed by atoms with Crippen molar-refractivity contribution < 1.29 is 84.3 Å². The van der Waals surface area contributed by atoms with E-state index < -0.39 is 22.4 Å². The van der Waals surface area contributed by atoms with Gasteiger partial charge < -0.3 is 60.5 Å². The molecular formula is C28H64N4O8Ti2. The van der Waals surface area contributed by atoms with Crippen LogP contribution >= 0.6 is 0 Å². The number of nitrogens with zero attached hydrogens (tertiary/aromatic N) is 4. The van der Waals surface area contributed by atoms with Crippen LogP contribution in [0.1, 0.15) is 55.4 Å². The quantitative estimate of drug-likeness (QED) is 0.199. The van der Waals surface area contributed by atoms with Crippen LogP contribution in [0.3, 0.4) is 0 Å². The third-order valence-electron chi connectivity index (χ3n) is 5.05. The van der Waals surface area contributed by atoms with E-state index >= 15 is 0 Å². The summed E-state index contributed by atoms with van der Waals surface area (Å²) in [6.07, 6.45) is 0. The van der Waals surface area contributed by atoms with Gasteiger partial charge in [0, 0.05) is 0 Å². The number of hydrogen-bond donors (Lipinski definition) is 0. The number of rotatable bonds is 10. The van der Waals surface area contributed by atoms with Gasteiger partial charge in [-0.3, -0.25) is 0 Å². The third kappa shape index (κ3) is 68.2. The minimum Gasteiger partial charge on any atom is -0.854 e. The molecule has 0 radical (unpaired) electrons. The molecule has 0 bridgehead atoms. The van der Waals surface area contributed by atoms with Crippen molar-refractivity contribution in [1.29, 1.82) is 0 Å². The predicted octanol–water partition coefficient (Wildman–Crippen LogP) is -5.84. The molecule has 0 rings (SSSR count). The first-order valence-corrected chi connectivity index (χ1v) is 13.3. The Balaban J connectivity index is -0.0000000548. The Morgan fingerprint density at radius 2 is 0.429 bits per heavy atom. The van der Waals surface area contributed by atoms with E-state index in [0.717, 1.165) is 0 Å². The fraction of sp³-hybridized carbons (Fsp3) is 1.00. The smallest absolute Gasteiger partial charge is 0.854 e. The van der Waals surface area contributed by atoms with Crippen LogP contribution in [0.15, 0.2) is 0 Å². The molecule has 0 heterocycles. The second kappa shape index (κ2) is 34.8. The van der Waals surface area contributed by atoms with Gasteiger partial charge in [-0.25, -0.2) is 0 Å². The zero-order valence-corrected chi connectivity index (χ0v) is 32.8. The van der Waals surface area contributed by atoms with Crippen molar-refractivity contribution >= 4 is 0 Å². The summed E-state index contributed by atoms with van der Waals surface area (Å²) in [5.41, 5.74) is -5.47. The molecule has 12 nitrogen and oxygen atoms in total. The van der Waals surface area contributed by atoms with Gasteiger partial charge in [-0.05, 0) is 82.6 Å². The van der Waals surface area contributed by atoms with Crippen molar-refractivity contribution in [3.8, 4) is 0 Å². The van der Waals surface area contributed by atoms with Crippen molar-refractivity contribution in [2.24, 2.45) is 0 Å². The van der Waals surface area contributed by atoms with Crippen LogP contribution in [0.2, 0.25) is 0 Å². The molecule has 0 aliphatic carbocycles. The molecule has 0 N–H and O–H groups in total. The van der Waals surface area contributed by atoms with E-state index in [9.17, 15) is 40.9 Å². The maximum absolute atomic E-state index is 10.8. The first-order chi connectivity index (χ1) is 17.6. The molecule has 0 unspecified atom stereocenters. The van der Waals surface area contributed by atoms with Gasteiger partial charge >= 0.3 is 43.4 Å². The number of likely N-dealkylation sites (N-methyl/N-ethyl adjacent to an activating group) is 4. The third-order valence-corrected chi connectivity index (χ3v) is 5.05. The van der Waals surface area contributed by atoms with Crippen LogP contribution in [0.4, 0.5) is 0 Å². The molecule has 42 heavy (non-hydrogen) atoms. The van der Waals surface area contributed by atoms with Crippen molar-refractivity contribution in [3.63, 3.8) is 0 Å². The molecule has 252 valence electrons. The summed E-state index contributed by atoms with van der Waals surface area (Å²) in [5.74, 6) is 0. The zero-order chi connectivity index (χ0) is 34.0. The van der Waals surface area contributed by atoms with E-state index in [4.69, 9.17) is 0 Å². The van der Waals surface area contributed by atoms with Crippen molar-refractivity contribution in [1.82, 2.24) is 19.6 Å². The molecule has 0 fully saturated rings. The van der Waals surface area contributed by atoms with Crippen molar-refractivity contribution in [2.75, 3.05) is 109 Å². The Morgan fingerprint density at radius 3 is 0.429 bits per heavy atom. The summed E-state index contributed by atoms with van der Waals surface area (Å²) in [6, 6.07) is 0. The summed E-state index contributed by atoms with van der Waals surface area (Å²) >= 11 is 0. The molecule has 0 spiro atoms. The van der Waals surface area contributed by atoms with Gasteiger partial charge in [0.15, 0.2) is 0 Å². The van der Waals surface area contributed by atoms with Gasteiger partial charge in [-0.2, -0.15) is 0 Å². The van der Waals surface area contributed by atoms with Crippen LogP contribution < -0.4 is 40.9 Å². The Labute approximate surface area is 289 Å². The fourth-order valence-electron chi connectivity index (χ4n) is 0.730. The summed E-state index contributed by atoms with van der Waals surface area (Å²) in [7, 11) is 15.1. The monoisotopic (exact) mass is 680 g/mol. The second-order valence-corrected chi connectivity index (χ2v) is 12.1. The van der Waals surface area contributed by atoms with Gasteiger partial charge in [0.2, 0.25) is 0 Å². The first kappa shape index (κ1) is 61.9. The summed E-state index contributed by atoms with van der Waals surface area (Å²) < 4.78 is 0. The average molecular weight is 681 g/mol. The molecule has 0 aromatic rings. The summed E-state index contributed by atoms with van der Waals surface area (Å²) in [5, 5.41) is 82.0. The van der Waals surface area contributed by atoms with Gasteiger partial charge in [0.1, 0.15) is 0 Å². The minimum atomic E-state index is -1.37. The van der Waals surface area contributed by atoms with Crippen LogP contribution in [-0.4, -0.2) is 151 Å². The van der Waals surface area contributed by atoms with Crippen LogP contribution in [0, 0.1) is 0 Å². The largest absolute Gasteiger partial charge is 4.00 e. The fourth-order valence-corrected chi connectivity index (χ4v) is 0.730. The van der Waals surface area contributed by atoms with E-state index in [1.807, 2.05) is 76.0 Å². The zero-order valence-electron chi connectivity index (χ0n) is 29.7. The van der Waals surface area contributed by atoms with E-state index in [2.05, 4.69) is 0 Å². The van der Waals surface area contributed by atoms with E-state index in [1.165, 1.54) is 55.4 Å². The van der Waals surface area contributed by atoms with Crippen LogP contribution in [0.5, 0.6) is 0 Å². The van der Waals surface area contributed by atoms with Crippen LogP contribution in [0.25, 0.3) is 0 Å². The van der Waals surface area contributed by atoms with Gasteiger partial charge in [0.05, 0.1) is 0 Å².